The first kappa shape index (κ1) is 37.4. The summed E-state index contributed by atoms with van der Waals surface area (Å²) in [6.45, 7) is 6.97. The van der Waals surface area contributed by atoms with E-state index in [2.05, 4.69) is 15.1 Å². The smallest absolute Gasteiger partial charge is 0.308 e. The van der Waals surface area contributed by atoms with Crippen LogP contribution in [0, 0.1) is 11.7 Å². The normalized spacial score (nSPS) is 22.1. The lowest BCUT2D eigenvalue weighted by atomic mass is 9.87. The van der Waals surface area contributed by atoms with Crippen molar-refractivity contribution in [3.63, 3.8) is 0 Å². The molecule has 1 amide bonds. The average molecular weight is 725 g/mol. The number of aryl methyl sites for hydroxylation is 1. The highest BCUT2D eigenvalue weighted by Crippen LogP contribution is 2.38. The Labute approximate surface area is 304 Å². The van der Waals surface area contributed by atoms with Crippen LogP contribution in [0.5, 0.6) is 0 Å². The van der Waals surface area contributed by atoms with Gasteiger partial charge in [0.25, 0.3) is 11.9 Å². The zero-order valence-corrected chi connectivity index (χ0v) is 30.7. The van der Waals surface area contributed by atoms with Crippen LogP contribution in [0.4, 0.5) is 10.1 Å². The molecule has 3 aliphatic rings. The molecule has 12 heteroatoms. The van der Waals surface area contributed by atoms with Gasteiger partial charge in [-0.25, -0.2) is 14.2 Å². The van der Waals surface area contributed by atoms with Crippen molar-refractivity contribution in [1.82, 2.24) is 14.4 Å². The molecule has 2 saturated heterocycles. The van der Waals surface area contributed by atoms with Gasteiger partial charge in [0, 0.05) is 56.7 Å². The zero-order chi connectivity index (χ0) is 36.1. The number of esters is 1. The van der Waals surface area contributed by atoms with Gasteiger partial charge in [0.15, 0.2) is 5.78 Å². The number of benzene rings is 2. The monoisotopic (exact) mass is 724 g/mol. The summed E-state index contributed by atoms with van der Waals surface area (Å²) < 4.78 is 36.6. The van der Waals surface area contributed by atoms with E-state index in [0.717, 1.165) is 75.3 Å². The SMILES string of the molecule is CCOC(=O)[C@H]1CC[C@H](OC(OC(C)C(=O)Cc2cc(Cl)c(NC(=O)c3cn(C)c4ccccc34)cc2F)(N2CCCCC2)N2CCCC2)CC1. The van der Waals surface area contributed by atoms with Crippen molar-refractivity contribution in [3.05, 3.63) is 64.6 Å². The lowest BCUT2D eigenvalue weighted by Crippen LogP contribution is -2.67. The van der Waals surface area contributed by atoms with Crippen LogP contribution in [0.3, 0.4) is 0 Å². The van der Waals surface area contributed by atoms with Crippen LogP contribution < -0.4 is 5.32 Å². The maximum atomic E-state index is 15.6. The number of ketones is 1. The van der Waals surface area contributed by atoms with E-state index < -0.39 is 23.9 Å². The Morgan fingerprint density at radius 3 is 2.29 bits per heavy atom. The quantitative estimate of drug-likeness (QED) is 0.148. The summed E-state index contributed by atoms with van der Waals surface area (Å²) in [6, 6.07) is 8.84. The van der Waals surface area contributed by atoms with Gasteiger partial charge in [-0.2, -0.15) is 0 Å². The summed E-state index contributed by atoms with van der Waals surface area (Å²) in [7, 11) is 1.86. The topological polar surface area (TPSA) is 102 Å². The fraction of sp³-hybridized carbons (Fsp3) is 0.564. The average Bonchev–Trinajstić information content (AvgIpc) is 3.80. The van der Waals surface area contributed by atoms with Gasteiger partial charge in [0.1, 0.15) is 11.9 Å². The van der Waals surface area contributed by atoms with Crippen LogP contribution in [0.1, 0.15) is 87.6 Å². The van der Waals surface area contributed by atoms with Gasteiger partial charge in [0.2, 0.25) is 0 Å². The third kappa shape index (κ3) is 8.33. The van der Waals surface area contributed by atoms with Gasteiger partial charge in [-0.1, -0.05) is 36.2 Å². The lowest BCUT2D eigenvalue weighted by Gasteiger charge is -2.51. The first-order valence-corrected chi connectivity index (χ1v) is 18.9. The number of halogens is 2. The van der Waals surface area contributed by atoms with E-state index in [1.54, 1.807) is 13.1 Å². The maximum absolute atomic E-state index is 15.6. The minimum absolute atomic E-state index is 0.117. The Bertz CT molecular complexity index is 1710. The van der Waals surface area contributed by atoms with Crippen molar-refractivity contribution in [2.24, 2.45) is 13.0 Å². The number of carbonyl (C=O) groups is 3. The Morgan fingerprint density at radius 1 is 0.980 bits per heavy atom. The predicted octanol–water partition coefficient (Wildman–Crippen LogP) is 7.07. The molecular formula is C39H50ClFN4O6. The number of anilines is 1. The fourth-order valence-electron chi connectivity index (χ4n) is 7.75. The second kappa shape index (κ2) is 16.5. The number of rotatable bonds is 13. The molecule has 2 aromatic carbocycles. The highest BCUT2D eigenvalue weighted by molar-refractivity contribution is 6.34. The van der Waals surface area contributed by atoms with Crippen molar-refractivity contribution < 1.29 is 33.0 Å². The van der Waals surface area contributed by atoms with Crippen molar-refractivity contribution in [2.45, 2.75) is 96.3 Å². The number of ether oxygens (including phenoxy) is 3. The minimum Gasteiger partial charge on any atom is -0.466 e. The molecule has 1 aromatic heterocycles. The van der Waals surface area contributed by atoms with E-state index in [0.29, 0.717) is 37.9 Å². The molecule has 0 bridgehead atoms. The second-order valence-corrected chi connectivity index (χ2v) is 14.5. The summed E-state index contributed by atoms with van der Waals surface area (Å²) in [5.41, 5.74) is 1.58. The van der Waals surface area contributed by atoms with E-state index in [9.17, 15) is 14.4 Å². The molecule has 2 atom stereocenters. The number of nitrogens with zero attached hydrogens (tertiary/aromatic N) is 3. The molecule has 2 unspecified atom stereocenters. The van der Waals surface area contributed by atoms with Crippen LogP contribution in [0.2, 0.25) is 5.02 Å². The van der Waals surface area contributed by atoms with E-state index in [-0.39, 0.29) is 46.5 Å². The van der Waals surface area contributed by atoms with Crippen LogP contribution in [0.15, 0.2) is 42.6 Å². The Morgan fingerprint density at radius 2 is 1.63 bits per heavy atom. The number of hydrogen-bond donors (Lipinski definition) is 1. The van der Waals surface area contributed by atoms with E-state index in [1.807, 2.05) is 42.8 Å². The molecule has 0 spiro atoms. The van der Waals surface area contributed by atoms with Gasteiger partial charge >= 0.3 is 5.97 Å². The van der Waals surface area contributed by atoms with Crippen molar-refractivity contribution >= 4 is 45.9 Å². The third-order valence-electron chi connectivity index (χ3n) is 10.5. The number of fused-ring (bicyclic) bond motifs is 1. The van der Waals surface area contributed by atoms with Gasteiger partial charge in [-0.15, -0.1) is 0 Å². The third-order valence-corrected chi connectivity index (χ3v) is 10.9. The van der Waals surface area contributed by atoms with E-state index >= 15 is 4.39 Å². The molecule has 1 aliphatic carbocycles. The molecule has 51 heavy (non-hydrogen) atoms. The van der Waals surface area contributed by atoms with Gasteiger partial charge in [0.05, 0.1) is 34.9 Å². The van der Waals surface area contributed by atoms with Crippen molar-refractivity contribution in [2.75, 3.05) is 38.1 Å². The van der Waals surface area contributed by atoms with Crippen LogP contribution in [-0.4, -0.2) is 83.1 Å². The van der Waals surface area contributed by atoms with Crippen LogP contribution in [0.25, 0.3) is 10.9 Å². The summed E-state index contributed by atoms with van der Waals surface area (Å²) in [5, 5.41) is 3.64. The highest BCUT2D eigenvalue weighted by atomic mass is 35.5. The minimum atomic E-state index is -1.25. The Hall–Kier alpha value is -3.35. The molecule has 276 valence electrons. The number of nitrogens with one attached hydrogen (secondary N) is 1. The number of hydrogen-bond acceptors (Lipinski definition) is 8. The number of piperidine rings is 1. The largest absolute Gasteiger partial charge is 0.466 e. The molecular weight excluding hydrogens is 675 g/mol. The fourth-order valence-corrected chi connectivity index (χ4v) is 7.99. The molecule has 3 heterocycles. The molecule has 1 saturated carbocycles. The summed E-state index contributed by atoms with van der Waals surface area (Å²) in [5.74, 6) is -1.66. The Kier molecular flexibility index (Phi) is 12.1. The Balaban J connectivity index is 1.17. The first-order valence-electron chi connectivity index (χ1n) is 18.5. The number of carbonyl (C=O) groups excluding carboxylic acids is 3. The number of Topliss-reactive ketones (excluding diaryl/α,β-unsaturated/α-hetero) is 1. The van der Waals surface area contributed by atoms with Gasteiger partial charge < -0.3 is 24.1 Å². The molecule has 3 aromatic rings. The molecule has 10 nitrogen and oxygen atoms in total. The molecule has 0 radical (unpaired) electrons. The van der Waals surface area contributed by atoms with E-state index in [4.69, 9.17) is 25.8 Å². The van der Waals surface area contributed by atoms with Crippen LogP contribution in [-0.2, 0) is 37.3 Å². The molecule has 1 N–H and O–H groups in total. The maximum Gasteiger partial charge on any atom is 0.308 e. The number of aromatic nitrogens is 1. The van der Waals surface area contributed by atoms with Crippen LogP contribution >= 0.6 is 11.6 Å². The predicted molar refractivity (Wildman–Crippen MR) is 194 cm³/mol. The molecule has 6 rings (SSSR count). The van der Waals surface area contributed by atoms with Crippen molar-refractivity contribution in [3.8, 4) is 0 Å². The van der Waals surface area contributed by atoms with E-state index in [1.165, 1.54) is 6.07 Å². The number of para-hydroxylation sites is 1. The first-order chi connectivity index (χ1) is 24.6. The highest BCUT2D eigenvalue weighted by Gasteiger charge is 2.50. The number of amides is 1. The van der Waals surface area contributed by atoms with Gasteiger partial charge in [-0.3, -0.25) is 14.4 Å². The number of likely N-dealkylation sites (tertiary alicyclic amines) is 2. The second-order valence-electron chi connectivity index (χ2n) is 14.1. The molecule has 2 aliphatic heterocycles. The van der Waals surface area contributed by atoms with Gasteiger partial charge in [-0.05, 0) is 89.0 Å². The van der Waals surface area contributed by atoms with Crippen molar-refractivity contribution in [1.29, 1.82) is 0 Å². The summed E-state index contributed by atoms with van der Waals surface area (Å²) >= 11 is 6.58. The molecule has 3 fully saturated rings. The standard InChI is InChI=1S/C39H50ClFN4O6/c1-4-49-38(48)27-14-16-29(17-15-27)51-39(45-20-10-11-21-45,44-18-8-5-9-19-44)50-26(2)36(46)23-28-22-32(40)34(24-33(28)41)42-37(47)31-25-43(3)35-13-7-6-12-30(31)35/h6-7,12-13,22,24-27,29H,4-5,8-11,14-21,23H2,1-3H3,(H,42,47)/t26?,27-,29-,39?. The lowest BCUT2D eigenvalue weighted by molar-refractivity contribution is -0.411. The summed E-state index contributed by atoms with van der Waals surface area (Å²) in [6.07, 6.45) is 8.20. The zero-order valence-electron chi connectivity index (χ0n) is 29.9. The summed E-state index contributed by atoms with van der Waals surface area (Å²) in [4.78, 5) is 44.0.